The van der Waals surface area contributed by atoms with Crippen molar-refractivity contribution in [3.8, 4) is 0 Å². The molecule has 0 bridgehead atoms. The second kappa shape index (κ2) is 5.43. The summed E-state index contributed by atoms with van der Waals surface area (Å²) >= 11 is 9.37. The zero-order chi connectivity index (χ0) is 12.3. The van der Waals surface area contributed by atoms with Gasteiger partial charge in [0.1, 0.15) is 4.83 Å². The molecule has 1 atom stereocenters. The molecule has 4 heteroatoms. The smallest absolute Gasteiger partial charge is 0.182 e. The summed E-state index contributed by atoms with van der Waals surface area (Å²) in [5.74, 6) is -0.0661. The quantitative estimate of drug-likeness (QED) is 0.632. The molecule has 1 heterocycles. The molecule has 0 amide bonds. The number of benzene rings is 1. The van der Waals surface area contributed by atoms with Crippen molar-refractivity contribution in [2.75, 3.05) is 0 Å². The average Bonchev–Trinajstić information content (AvgIpc) is 2.39. The molecule has 0 N–H and O–H groups in total. The molecule has 17 heavy (non-hydrogen) atoms. The Hall–Kier alpha value is -1.19. The van der Waals surface area contributed by atoms with Crippen molar-refractivity contribution in [2.24, 2.45) is 0 Å². The van der Waals surface area contributed by atoms with Crippen LogP contribution in [0.3, 0.4) is 0 Å². The van der Waals surface area contributed by atoms with E-state index in [9.17, 15) is 4.79 Å². The highest BCUT2D eigenvalue weighted by molar-refractivity contribution is 9.09. The van der Waals surface area contributed by atoms with Gasteiger partial charge in [0, 0.05) is 18.0 Å². The van der Waals surface area contributed by atoms with Crippen molar-refractivity contribution >= 4 is 33.3 Å². The third-order valence-corrected chi connectivity index (χ3v) is 3.62. The third kappa shape index (κ3) is 2.73. The number of hydrogen-bond donors (Lipinski definition) is 0. The Labute approximate surface area is 113 Å². The van der Waals surface area contributed by atoms with Gasteiger partial charge in [-0.15, -0.1) is 0 Å². The topological polar surface area (TPSA) is 30.0 Å². The molecule has 1 aromatic heterocycles. The predicted molar refractivity (Wildman–Crippen MR) is 71.7 cm³/mol. The Kier molecular flexibility index (Phi) is 3.92. The highest BCUT2D eigenvalue weighted by atomic mass is 79.9. The molecule has 0 radical (unpaired) electrons. The Morgan fingerprint density at radius 3 is 2.65 bits per heavy atom. The van der Waals surface area contributed by atoms with E-state index >= 15 is 0 Å². The number of rotatable bonds is 3. The minimum absolute atomic E-state index is 0.0661. The van der Waals surface area contributed by atoms with E-state index in [2.05, 4.69) is 20.9 Å². The first kappa shape index (κ1) is 12.3. The number of ketones is 1. The van der Waals surface area contributed by atoms with Gasteiger partial charge in [-0.05, 0) is 23.8 Å². The summed E-state index contributed by atoms with van der Waals surface area (Å²) in [7, 11) is 0. The molecule has 1 aromatic carbocycles. The van der Waals surface area contributed by atoms with E-state index in [0.29, 0.717) is 10.6 Å². The standard InChI is InChI=1S/C13H9BrClNO/c14-12(9-4-3-7-16-8-9)13(17)10-5-1-2-6-11(10)15/h1-8,12H/t12-/m1/s1. The highest BCUT2D eigenvalue weighted by Crippen LogP contribution is 2.29. The number of halogens is 2. The second-order valence-corrected chi connectivity index (χ2v) is 4.82. The van der Waals surface area contributed by atoms with Crippen LogP contribution in [0.25, 0.3) is 0 Å². The lowest BCUT2D eigenvalue weighted by atomic mass is 10.0. The maximum Gasteiger partial charge on any atom is 0.182 e. The number of pyridine rings is 1. The van der Waals surface area contributed by atoms with Crippen LogP contribution in [0, 0.1) is 0 Å². The molecule has 0 aliphatic carbocycles. The predicted octanol–water partition coefficient (Wildman–Crippen LogP) is 4.05. The van der Waals surface area contributed by atoms with E-state index in [1.807, 2.05) is 6.07 Å². The number of carbonyl (C=O) groups is 1. The van der Waals surface area contributed by atoms with Crippen LogP contribution < -0.4 is 0 Å². The lowest BCUT2D eigenvalue weighted by Crippen LogP contribution is -2.07. The van der Waals surface area contributed by atoms with E-state index < -0.39 is 4.83 Å². The van der Waals surface area contributed by atoms with E-state index in [4.69, 9.17) is 11.6 Å². The molecule has 0 spiro atoms. The van der Waals surface area contributed by atoms with E-state index in [1.54, 1.807) is 42.7 Å². The van der Waals surface area contributed by atoms with Crippen molar-refractivity contribution in [2.45, 2.75) is 4.83 Å². The van der Waals surface area contributed by atoms with Crippen molar-refractivity contribution in [3.63, 3.8) is 0 Å². The van der Waals surface area contributed by atoms with Gasteiger partial charge in [0.2, 0.25) is 0 Å². The number of carbonyl (C=O) groups excluding carboxylic acids is 1. The molecule has 2 nitrogen and oxygen atoms in total. The molecule has 86 valence electrons. The Morgan fingerprint density at radius 2 is 2.00 bits per heavy atom. The maximum atomic E-state index is 12.2. The van der Waals surface area contributed by atoms with Gasteiger partial charge < -0.3 is 0 Å². The van der Waals surface area contributed by atoms with Crippen LogP contribution in [0.1, 0.15) is 20.7 Å². The van der Waals surface area contributed by atoms with Crippen molar-refractivity contribution in [3.05, 3.63) is 64.9 Å². The van der Waals surface area contributed by atoms with Crippen LogP contribution in [0.4, 0.5) is 0 Å². The van der Waals surface area contributed by atoms with Gasteiger partial charge in [-0.1, -0.05) is 45.7 Å². The highest BCUT2D eigenvalue weighted by Gasteiger charge is 2.20. The summed E-state index contributed by atoms with van der Waals surface area (Å²) < 4.78 is 0. The fourth-order valence-electron chi connectivity index (χ4n) is 1.47. The molecule has 0 saturated carbocycles. The van der Waals surface area contributed by atoms with Crippen LogP contribution in [0.2, 0.25) is 5.02 Å². The zero-order valence-electron chi connectivity index (χ0n) is 8.81. The molecule has 2 rings (SSSR count). The number of alkyl halides is 1. The van der Waals surface area contributed by atoms with Gasteiger partial charge in [0.05, 0.1) is 5.02 Å². The summed E-state index contributed by atoms with van der Waals surface area (Å²) in [6, 6.07) is 10.7. The fourth-order valence-corrected chi connectivity index (χ4v) is 2.22. The normalized spacial score (nSPS) is 12.1. The third-order valence-electron chi connectivity index (χ3n) is 2.35. The monoisotopic (exact) mass is 309 g/mol. The summed E-state index contributed by atoms with van der Waals surface area (Å²) in [6.45, 7) is 0. The Morgan fingerprint density at radius 1 is 1.24 bits per heavy atom. The van der Waals surface area contributed by atoms with Crippen molar-refractivity contribution in [1.29, 1.82) is 0 Å². The van der Waals surface area contributed by atoms with Gasteiger partial charge >= 0.3 is 0 Å². The largest absolute Gasteiger partial charge is 0.292 e. The SMILES string of the molecule is O=C(c1ccccc1Cl)[C@H](Br)c1cccnc1. The molecule has 0 fully saturated rings. The summed E-state index contributed by atoms with van der Waals surface area (Å²) in [5, 5.41) is 0.464. The van der Waals surface area contributed by atoms with E-state index in [0.717, 1.165) is 5.56 Å². The minimum Gasteiger partial charge on any atom is -0.292 e. The van der Waals surface area contributed by atoms with E-state index in [-0.39, 0.29) is 5.78 Å². The van der Waals surface area contributed by atoms with Gasteiger partial charge in [-0.25, -0.2) is 0 Å². The average molecular weight is 311 g/mol. The first-order chi connectivity index (χ1) is 8.20. The lowest BCUT2D eigenvalue weighted by Gasteiger charge is -2.09. The fraction of sp³-hybridized carbons (Fsp3) is 0.0769. The lowest BCUT2D eigenvalue weighted by molar-refractivity contribution is 0.0991. The van der Waals surface area contributed by atoms with Crippen LogP contribution >= 0.6 is 27.5 Å². The number of nitrogens with zero attached hydrogens (tertiary/aromatic N) is 1. The number of aromatic nitrogens is 1. The van der Waals surface area contributed by atoms with Gasteiger partial charge in [0.15, 0.2) is 5.78 Å². The molecule has 2 aromatic rings. The van der Waals surface area contributed by atoms with Crippen molar-refractivity contribution < 1.29 is 4.79 Å². The van der Waals surface area contributed by atoms with Crippen LogP contribution in [0.15, 0.2) is 48.8 Å². The van der Waals surface area contributed by atoms with Crippen LogP contribution in [0.5, 0.6) is 0 Å². The zero-order valence-corrected chi connectivity index (χ0v) is 11.1. The van der Waals surface area contributed by atoms with Gasteiger partial charge in [-0.3, -0.25) is 9.78 Å². The first-order valence-corrected chi connectivity index (χ1v) is 6.32. The van der Waals surface area contributed by atoms with Crippen LogP contribution in [-0.4, -0.2) is 10.8 Å². The van der Waals surface area contributed by atoms with Gasteiger partial charge in [0.25, 0.3) is 0 Å². The second-order valence-electron chi connectivity index (χ2n) is 3.49. The molecule has 0 unspecified atom stereocenters. The molecule has 0 aliphatic heterocycles. The maximum absolute atomic E-state index is 12.2. The summed E-state index contributed by atoms with van der Waals surface area (Å²) in [6.07, 6.45) is 3.33. The summed E-state index contributed by atoms with van der Waals surface area (Å²) in [4.78, 5) is 15.8. The number of Topliss-reactive ketones (excluding diaryl/α,β-unsaturated/α-hetero) is 1. The Balaban J connectivity index is 2.30. The Bertz CT molecular complexity index is 530. The molecule has 0 saturated heterocycles. The number of hydrogen-bond acceptors (Lipinski definition) is 2. The molecule has 0 aliphatic rings. The molecular weight excluding hydrogens is 302 g/mol. The van der Waals surface area contributed by atoms with E-state index in [1.165, 1.54) is 0 Å². The molecular formula is C13H9BrClNO. The first-order valence-electron chi connectivity index (χ1n) is 5.03. The summed E-state index contributed by atoms with van der Waals surface area (Å²) in [5.41, 5.74) is 1.33. The van der Waals surface area contributed by atoms with Crippen molar-refractivity contribution in [1.82, 2.24) is 4.98 Å². The minimum atomic E-state index is -0.420. The van der Waals surface area contributed by atoms with Crippen LogP contribution in [-0.2, 0) is 0 Å². The van der Waals surface area contributed by atoms with Gasteiger partial charge in [-0.2, -0.15) is 0 Å².